The predicted molar refractivity (Wildman–Crippen MR) is 266 cm³/mol. The largest absolute Gasteiger partial charge is 0.0760 e. The SMILES string of the molecule is CC(C)(C)c1cc2c3c(cc(C(C)(C)C)cc3c1)-c1c-2c(-c2ccccc2)c2ccc(-c3ccc4c(c3)C3=CC=CC5C(c6ccccc6)=CC=C4C35)cc2c1-c1ccccc1. The van der Waals surface area contributed by atoms with Gasteiger partial charge in [-0.2, -0.15) is 0 Å². The lowest BCUT2D eigenvalue weighted by atomic mass is 9.72. The molecule has 2 atom stereocenters. The van der Waals surface area contributed by atoms with Crippen molar-refractivity contribution < 1.29 is 0 Å². The van der Waals surface area contributed by atoms with Gasteiger partial charge >= 0.3 is 0 Å². The van der Waals surface area contributed by atoms with E-state index in [-0.39, 0.29) is 10.8 Å². The summed E-state index contributed by atoms with van der Waals surface area (Å²) in [7, 11) is 0. The molecule has 0 N–H and O–H groups in total. The van der Waals surface area contributed by atoms with E-state index in [1.54, 1.807) is 0 Å². The summed E-state index contributed by atoms with van der Waals surface area (Å²) < 4.78 is 0. The van der Waals surface area contributed by atoms with Crippen molar-refractivity contribution in [3.63, 3.8) is 0 Å². The Morgan fingerprint density at radius 1 is 0.371 bits per heavy atom. The lowest BCUT2D eigenvalue weighted by Crippen LogP contribution is -2.18. The van der Waals surface area contributed by atoms with Gasteiger partial charge in [-0.25, -0.2) is 0 Å². The molecule has 4 aliphatic carbocycles. The predicted octanol–water partition coefficient (Wildman–Crippen LogP) is 16.9. The molecule has 0 heteroatoms. The standard InChI is InChI=1S/C62H50/c1-61(2,3)43-31-42-32-44(62(4,5)6)36-54-55(42)53(35-43)59-56(38-19-12-8-13-20-38)50-28-26-41(34-52(50)57(60(54)59)39-21-14-9-15-22-39)40-25-27-46-49-30-29-45(37-17-10-7-11-18-37)47-23-16-24-48(58(47)49)51(46)33-40/h7-36,47,58H,1-6H3. The minimum absolute atomic E-state index is 0.0119. The van der Waals surface area contributed by atoms with Crippen LogP contribution in [0, 0.1) is 11.8 Å². The van der Waals surface area contributed by atoms with E-state index in [0.717, 1.165) is 0 Å². The van der Waals surface area contributed by atoms with Gasteiger partial charge in [-0.1, -0.05) is 199 Å². The van der Waals surface area contributed by atoms with E-state index < -0.39 is 0 Å². The highest BCUT2D eigenvalue weighted by atomic mass is 14.4. The van der Waals surface area contributed by atoms with E-state index in [1.807, 2.05) is 0 Å². The summed E-state index contributed by atoms with van der Waals surface area (Å²) in [4.78, 5) is 0. The van der Waals surface area contributed by atoms with Crippen LogP contribution in [0.5, 0.6) is 0 Å². The van der Waals surface area contributed by atoms with Crippen molar-refractivity contribution in [2.75, 3.05) is 0 Å². The molecule has 0 bridgehead atoms. The highest BCUT2D eigenvalue weighted by Gasteiger charge is 2.41. The molecule has 0 saturated heterocycles. The maximum absolute atomic E-state index is 2.53. The normalized spacial score (nSPS) is 17.1. The van der Waals surface area contributed by atoms with Crippen LogP contribution in [0.4, 0.5) is 0 Å². The van der Waals surface area contributed by atoms with Gasteiger partial charge < -0.3 is 0 Å². The van der Waals surface area contributed by atoms with Gasteiger partial charge in [-0.3, -0.25) is 0 Å². The van der Waals surface area contributed by atoms with E-state index in [9.17, 15) is 0 Å². The van der Waals surface area contributed by atoms with Gasteiger partial charge in [-0.05, 0) is 157 Å². The molecular formula is C62H50. The fourth-order valence-corrected chi connectivity index (χ4v) is 11.2. The highest BCUT2D eigenvalue weighted by Crippen LogP contribution is 2.60. The van der Waals surface area contributed by atoms with Crippen molar-refractivity contribution in [3.05, 3.63) is 210 Å². The quantitative estimate of drug-likeness (QED) is 0.166. The number of hydrogen-bond acceptors (Lipinski definition) is 0. The smallest absolute Gasteiger partial charge is 0.0205 e. The summed E-state index contributed by atoms with van der Waals surface area (Å²) in [5.41, 5.74) is 24.1. The van der Waals surface area contributed by atoms with Gasteiger partial charge in [0, 0.05) is 11.8 Å². The topological polar surface area (TPSA) is 0 Å². The maximum atomic E-state index is 2.53. The molecule has 62 heavy (non-hydrogen) atoms. The van der Waals surface area contributed by atoms with E-state index in [4.69, 9.17) is 0 Å². The third-order valence-electron chi connectivity index (χ3n) is 14.3. The number of fused-ring (bicyclic) bond motifs is 7. The number of hydrogen-bond donors (Lipinski definition) is 0. The number of rotatable bonds is 4. The molecule has 8 aromatic carbocycles. The Morgan fingerprint density at radius 2 is 0.887 bits per heavy atom. The maximum Gasteiger partial charge on any atom is 0.0205 e. The first-order valence-electron chi connectivity index (χ1n) is 22.4. The van der Waals surface area contributed by atoms with Crippen molar-refractivity contribution in [1.82, 2.24) is 0 Å². The molecule has 298 valence electrons. The molecule has 12 rings (SSSR count). The highest BCUT2D eigenvalue weighted by molar-refractivity contribution is 6.28. The lowest BCUT2D eigenvalue weighted by Gasteiger charge is -2.31. The fourth-order valence-electron chi connectivity index (χ4n) is 11.2. The first kappa shape index (κ1) is 37.0. The molecule has 8 aromatic rings. The summed E-state index contributed by atoms with van der Waals surface area (Å²) in [6.45, 7) is 14.1. The minimum Gasteiger partial charge on any atom is -0.0760 e. The average Bonchev–Trinajstić information content (AvgIpc) is 3.79. The average molecular weight is 795 g/mol. The number of allylic oxidation sites excluding steroid dienone is 8. The molecule has 0 heterocycles. The van der Waals surface area contributed by atoms with Crippen molar-refractivity contribution in [2.45, 2.75) is 52.4 Å². The Kier molecular flexibility index (Phi) is 7.99. The van der Waals surface area contributed by atoms with Gasteiger partial charge in [0.25, 0.3) is 0 Å². The second-order valence-electron chi connectivity index (χ2n) is 20.0. The first-order valence-corrected chi connectivity index (χ1v) is 22.4. The van der Waals surface area contributed by atoms with Crippen LogP contribution in [-0.2, 0) is 10.8 Å². The summed E-state index contributed by atoms with van der Waals surface area (Å²) in [5, 5.41) is 5.29. The first-order chi connectivity index (χ1) is 30.0. The zero-order valence-corrected chi connectivity index (χ0v) is 36.5. The Morgan fingerprint density at radius 3 is 1.48 bits per heavy atom. The van der Waals surface area contributed by atoms with Crippen molar-refractivity contribution >= 4 is 38.3 Å². The molecule has 0 fully saturated rings. The molecule has 0 amide bonds. The Hall–Kier alpha value is -6.76. The summed E-state index contributed by atoms with van der Waals surface area (Å²) in [5.74, 6) is 0.664. The molecule has 0 aromatic heterocycles. The fraction of sp³-hybridized carbons (Fsp3) is 0.161. The molecule has 0 nitrogen and oxygen atoms in total. The van der Waals surface area contributed by atoms with E-state index in [0.29, 0.717) is 11.8 Å². The van der Waals surface area contributed by atoms with Crippen LogP contribution in [0.1, 0.15) is 69.4 Å². The van der Waals surface area contributed by atoms with Crippen molar-refractivity contribution in [2.24, 2.45) is 11.8 Å². The summed E-state index contributed by atoms with van der Waals surface area (Å²) in [6, 6.07) is 57.8. The zero-order valence-electron chi connectivity index (χ0n) is 36.5. The molecule has 0 radical (unpaired) electrons. The second-order valence-corrected chi connectivity index (χ2v) is 20.0. The van der Waals surface area contributed by atoms with Crippen LogP contribution < -0.4 is 0 Å². The van der Waals surface area contributed by atoms with Gasteiger partial charge in [0.05, 0.1) is 0 Å². The molecule has 2 unspecified atom stereocenters. The Bertz CT molecular complexity index is 3310. The lowest BCUT2D eigenvalue weighted by molar-refractivity contribution is 0.589. The van der Waals surface area contributed by atoms with Gasteiger partial charge in [-0.15, -0.1) is 0 Å². The second kappa shape index (κ2) is 13.4. The van der Waals surface area contributed by atoms with Gasteiger partial charge in [0.1, 0.15) is 0 Å². The van der Waals surface area contributed by atoms with Crippen LogP contribution in [0.25, 0.3) is 93.9 Å². The zero-order chi connectivity index (χ0) is 42.1. The third kappa shape index (κ3) is 5.52. The minimum atomic E-state index is -0.0194. The van der Waals surface area contributed by atoms with Crippen LogP contribution in [0.2, 0.25) is 0 Å². The number of benzene rings is 8. The van der Waals surface area contributed by atoms with Gasteiger partial charge in [0.15, 0.2) is 0 Å². The Balaban J connectivity index is 1.13. The molecular weight excluding hydrogens is 745 g/mol. The van der Waals surface area contributed by atoms with E-state index in [2.05, 4.69) is 224 Å². The van der Waals surface area contributed by atoms with E-state index >= 15 is 0 Å². The molecule has 0 saturated carbocycles. The van der Waals surface area contributed by atoms with Crippen LogP contribution in [-0.4, -0.2) is 0 Å². The summed E-state index contributed by atoms with van der Waals surface area (Å²) in [6.07, 6.45) is 11.8. The van der Waals surface area contributed by atoms with Crippen LogP contribution in [0.3, 0.4) is 0 Å². The van der Waals surface area contributed by atoms with Crippen LogP contribution >= 0.6 is 0 Å². The van der Waals surface area contributed by atoms with E-state index in [1.165, 1.54) is 122 Å². The third-order valence-corrected chi connectivity index (χ3v) is 14.3. The molecule has 4 aliphatic rings. The van der Waals surface area contributed by atoms with Crippen molar-refractivity contribution in [1.29, 1.82) is 0 Å². The summed E-state index contributed by atoms with van der Waals surface area (Å²) >= 11 is 0. The Labute approximate surface area is 366 Å². The van der Waals surface area contributed by atoms with Crippen molar-refractivity contribution in [3.8, 4) is 55.6 Å². The van der Waals surface area contributed by atoms with Gasteiger partial charge in [0.2, 0.25) is 0 Å². The van der Waals surface area contributed by atoms with Crippen LogP contribution in [0.15, 0.2) is 182 Å². The molecule has 0 aliphatic heterocycles. The monoisotopic (exact) mass is 794 g/mol. The molecule has 0 spiro atoms.